The number of rotatable bonds is 5. The van der Waals surface area contributed by atoms with Crippen molar-refractivity contribution in [2.45, 2.75) is 6.92 Å². The van der Waals surface area contributed by atoms with E-state index in [1.54, 1.807) is 42.5 Å². The van der Waals surface area contributed by atoms with E-state index in [2.05, 4.69) is 16.2 Å². The van der Waals surface area contributed by atoms with Gasteiger partial charge in [0.25, 0.3) is 17.7 Å². The molecule has 1 heterocycles. The lowest BCUT2D eigenvalue weighted by atomic mass is 10.1. The summed E-state index contributed by atoms with van der Waals surface area (Å²) in [5, 5.41) is 4.69. The highest BCUT2D eigenvalue weighted by Gasteiger charge is 2.09. The molecule has 3 amide bonds. The minimum absolute atomic E-state index is 0.226. The molecule has 6 nitrogen and oxygen atoms in total. The normalized spacial score (nSPS) is 10.5. The van der Waals surface area contributed by atoms with Crippen LogP contribution in [0.5, 0.6) is 0 Å². The summed E-state index contributed by atoms with van der Waals surface area (Å²) in [6.07, 6.45) is 3.01. The second-order valence-electron chi connectivity index (χ2n) is 6.19. The number of hydrazine groups is 1. The number of carbonyl (C=O) groups excluding carboxylic acids is 3. The van der Waals surface area contributed by atoms with E-state index in [1.807, 2.05) is 36.6 Å². The molecule has 2 aromatic carbocycles. The molecule has 0 aliphatic carbocycles. The van der Waals surface area contributed by atoms with Gasteiger partial charge in [0.2, 0.25) is 0 Å². The van der Waals surface area contributed by atoms with E-state index in [0.29, 0.717) is 16.8 Å². The topological polar surface area (TPSA) is 87.3 Å². The molecule has 3 N–H and O–H groups in total. The average molecular weight is 405 g/mol. The smallest absolute Gasteiger partial charge is 0.269 e. The molecule has 0 saturated carbocycles. The van der Waals surface area contributed by atoms with Crippen LogP contribution in [0.3, 0.4) is 0 Å². The molecule has 0 spiro atoms. The van der Waals surface area contributed by atoms with Crippen LogP contribution >= 0.6 is 11.3 Å². The lowest BCUT2D eigenvalue weighted by Gasteiger charge is -2.08. The minimum Gasteiger partial charge on any atom is -0.322 e. The number of amides is 3. The Labute approximate surface area is 172 Å². The third kappa shape index (κ3) is 5.88. The largest absolute Gasteiger partial charge is 0.322 e. The van der Waals surface area contributed by atoms with E-state index in [4.69, 9.17) is 0 Å². The van der Waals surface area contributed by atoms with Crippen molar-refractivity contribution in [2.75, 3.05) is 5.32 Å². The van der Waals surface area contributed by atoms with E-state index in [0.717, 1.165) is 10.4 Å². The Hall–Kier alpha value is -3.71. The molecular formula is C22H19N3O3S. The summed E-state index contributed by atoms with van der Waals surface area (Å²) < 4.78 is 0. The van der Waals surface area contributed by atoms with Gasteiger partial charge in [-0.2, -0.15) is 0 Å². The maximum absolute atomic E-state index is 12.3. The first-order valence-electron chi connectivity index (χ1n) is 8.81. The number of anilines is 1. The number of benzene rings is 2. The lowest BCUT2D eigenvalue weighted by Crippen LogP contribution is -2.40. The van der Waals surface area contributed by atoms with E-state index in [-0.39, 0.29) is 5.91 Å². The number of nitrogens with one attached hydrogen (secondary N) is 3. The second-order valence-corrected chi connectivity index (χ2v) is 7.17. The maximum Gasteiger partial charge on any atom is 0.269 e. The molecule has 3 aromatic rings. The van der Waals surface area contributed by atoms with Crippen LogP contribution in [0.1, 0.15) is 31.2 Å². The van der Waals surface area contributed by atoms with Gasteiger partial charge in [0.1, 0.15) is 0 Å². The molecule has 0 fully saturated rings. The third-order valence-electron chi connectivity index (χ3n) is 3.93. The molecular weight excluding hydrogens is 386 g/mol. The first-order chi connectivity index (χ1) is 14.0. The van der Waals surface area contributed by atoms with Crippen molar-refractivity contribution in [3.63, 3.8) is 0 Å². The van der Waals surface area contributed by atoms with Crippen molar-refractivity contribution in [1.82, 2.24) is 10.9 Å². The number of carbonyl (C=O) groups is 3. The zero-order valence-corrected chi connectivity index (χ0v) is 16.5. The Kier molecular flexibility index (Phi) is 6.55. The minimum atomic E-state index is -0.459. The van der Waals surface area contributed by atoms with Gasteiger partial charge in [0.05, 0.1) is 0 Å². The van der Waals surface area contributed by atoms with Gasteiger partial charge in [0.15, 0.2) is 0 Å². The van der Waals surface area contributed by atoms with E-state index in [1.165, 1.54) is 17.4 Å². The summed E-state index contributed by atoms with van der Waals surface area (Å²) >= 11 is 1.51. The van der Waals surface area contributed by atoms with E-state index < -0.39 is 11.8 Å². The van der Waals surface area contributed by atoms with Gasteiger partial charge in [-0.05, 0) is 60.8 Å². The molecule has 29 heavy (non-hydrogen) atoms. The number of thiophene rings is 1. The van der Waals surface area contributed by atoms with Crippen LogP contribution in [0.4, 0.5) is 5.69 Å². The van der Waals surface area contributed by atoms with Crippen LogP contribution in [0.25, 0.3) is 6.08 Å². The van der Waals surface area contributed by atoms with Crippen molar-refractivity contribution in [1.29, 1.82) is 0 Å². The van der Waals surface area contributed by atoms with Crippen LogP contribution in [-0.2, 0) is 4.79 Å². The van der Waals surface area contributed by atoms with Crippen LogP contribution in [-0.4, -0.2) is 17.7 Å². The first kappa shape index (κ1) is 20.0. The fourth-order valence-electron chi connectivity index (χ4n) is 2.47. The van der Waals surface area contributed by atoms with Gasteiger partial charge in [-0.25, -0.2) is 0 Å². The van der Waals surface area contributed by atoms with Crippen molar-refractivity contribution >= 4 is 40.8 Å². The Morgan fingerprint density at radius 2 is 1.66 bits per heavy atom. The molecule has 0 aliphatic heterocycles. The van der Waals surface area contributed by atoms with Crippen LogP contribution in [0.15, 0.2) is 72.1 Å². The molecule has 0 unspecified atom stereocenters. The van der Waals surface area contributed by atoms with Gasteiger partial charge in [-0.1, -0.05) is 23.8 Å². The zero-order chi connectivity index (χ0) is 20.6. The van der Waals surface area contributed by atoms with Crippen molar-refractivity contribution < 1.29 is 14.4 Å². The molecule has 0 aliphatic rings. The van der Waals surface area contributed by atoms with Gasteiger partial charge in [-0.15, -0.1) is 11.3 Å². The zero-order valence-electron chi connectivity index (χ0n) is 15.6. The highest BCUT2D eigenvalue weighted by molar-refractivity contribution is 7.10. The molecule has 1 aromatic heterocycles. The first-order valence-corrected chi connectivity index (χ1v) is 9.69. The highest BCUT2D eigenvalue weighted by atomic mass is 32.1. The highest BCUT2D eigenvalue weighted by Crippen LogP contribution is 2.12. The molecule has 7 heteroatoms. The predicted molar refractivity (Wildman–Crippen MR) is 115 cm³/mol. The van der Waals surface area contributed by atoms with Crippen molar-refractivity contribution in [3.05, 3.63) is 93.7 Å². The summed E-state index contributed by atoms with van der Waals surface area (Å²) in [5.74, 6) is -1.12. The number of hydrogen-bond donors (Lipinski definition) is 3. The lowest BCUT2D eigenvalue weighted by molar-refractivity contribution is -0.117. The molecule has 0 saturated heterocycles. The summed E-state index contributed by atoms with van der Waals surface area (Å²) in [6, 6.07) is 17.4. The van der Waals surface area contributed by atoms with E-state index >= 15 is 0 Å². The number of aryl methyl sites for hydroxylation is 1. The Morgan fingerprint density at radius 3 is 2.34 bits per heavy atom. The fraction of sp³-hybridized carbons (Fsp3) is 0.0455. The van der Waals surface area contributed by atoms with E-state index in [9.17, 15) is 14.4 Å². The van der Waals surface area contributed by atoms with Crippen LogP contribution < -0.4 is 16.2 Å². The predicted octanol–water partition coefficient (Wildman–Crippen LogP) is 3.78. The quantitative estimate of drug-likeness (QED) is 0.446. The Bertz CT molecular complexity index is 1040. The van der Waals surface area contributed by atoms with Crippen molar-refractivity contribution in [2.24, 2.45) is 0 Å². The Balaban J connectivity index is 1.52. The summed E-state index contributed by atoms with van der Waals surface area (Å²) in [5.41, 5.74) is 7.15. The average Bonchev–Trinajstić information content (AvgIpc) is 3.24. The van der Waals surface area contributed by atoms with Gasteiger partial charge in [0, 0.05) is 27.8 Å². The summed E-state index contributed by atoms with van der Waals surface area (Å²) in [6.45, 7) is 1.92. The summed E-state index contributed by atoms with van der Waals surface area (Å²) in [7, 11) is 0. The third-order valence-corrected chi connectivity index (χ3v) is 4.76. The van der Waals surface area contributed by atoms with Crippen molar-refractivity contribution in [3.8, 4) is 0 Å². The van der Waals surface area contributed by atoms with Crippen LogP contribution in [0.2, 0.25) is 0 Å². The molecule has 0 atom stereocenters. The van der Waals surface area contributed by atoms with Gasteiger partial charge in [-0.3, -0.25) is 25.2 Å². The monoisotopic (exact) mass is 405 g/mol. The molecule has 3 rings (SSSR count). The standard InChI is InChI=1S/C22H19N3O3S/c1-15-4-2-5-17(14-15)21(27)23-18-9-7-16(8-10-18)22(28)25-24-20(26)12-11-19-6-3-13-29-19/h2-14H,1H3,(H,23,27)(H,24,26)(H,25,28). The van der Waals surface area contributed by atoms with Crippen LogP contribution in [0, 0.1) is 6.92 Å². The molecule has 0 bridgehead atoms. The maximum atomic E-state index is 12.3. The fourth-order valence-corrected chi connectivity index (χ4v) is 3.09. The molecule has 0 radical (unpaired) electrons. The summed E-state index contributed by atoms with van der Waals surface area (Å²) in [4.78, 5) is 37.1. The van der Waals surface area contributed by atoms with Gasteiger partial charge >= 0.3 is 0 Å². The SMILES string of the molecule is Cc1cccc(C(=O)Nc2ccc(C(=O)NNC(=O)C=Cc3cccs3)cc2)c1. The Morgan fingerprint density at radius 1 is 0.862 bits per heavy atom. The van der Waals surface area contributed by atoms with Gasteiger partial charge < -0.3 is 5.32 Å². The second kappa shape index (κ2) is 9.48. The molecule has 146 valence electrons. The number of hydrogen-bond acceptors (Lipinski definition) is 4.